The minimum absolute atomic E-state index is 0.0573. The highest BCUT2D eigenvalue weighted by molar-refractivity contribution is 9.10. The Labute approximate surface area is 91.4 Å². The molecule has 0 heterocycles. The van der Waals surface area contributed by atoms with Crippen LogP contribution in [0.2, 0.25) is 0 Å². The van der Waals surface area contributed by atoms with Crippen molar-refractivity contribution in [2.75, 3.05) is 0 Å². The molecule has 6 heteroatoms. The summed E-state index contributed by atoms with van der Waals surface area (Å²) in [4.78, 5) is 10.7. The molecule has 0 atom stereocenters. The number of hydrogen-bond donors (Lipinski definition) is 1. The third-order valence-corrected chi connectivity index (χ3v) is 2.65. The molecule has 2 nitrogen and oxygen atoms in total. The molecule has 1 rings (SSSR count). The number of alkyl halides is 2. The van der Waals surface area contributed by atoms with Crippen molar-refractivity contribution in [1.29, 1.82) is 0 Å². The molecule has 14 heavy (non-hydrogen) atoms. The van der Waals surface area contributed by atoms with Crippen LogP contribution in [-0.4, -0.2) is 16.8 Å². The van der Waals surface area contributed by atoms with Gasteiger partial charge in [-0.15, -0.1) is 0 Å². The van der Waals surface area contributed by atoms with E-state index in [0.29, 0.717) is 4.47 Å². The van der Waals surface area contributed by atoms with Crippen molar-refractivity contribution < 1.29 is 18.7 Å². The fraction of sp³-hybridized carbons (Fsp3) is 0.125. The lowest BCUT2D eigenvalue weighted by Gasteiger charge is -2.04. The van der Waals surface area contributed by atoms with Crippen molar-refractivity contribution in [2.24, 2.45) is 0 Å². The lowest BCUT2D eigenvalue weighted by molar-refractivity contribution is 0.0693. The van der Waals surface area contributed by atoms with E-state index in [-0.39, 0.29) is 22.2 Å². The third-order valence-electron chi connectivity index (χ3n) is 1.39. The van der Waals surface area contributed by atoms with E-state index in [1.165, 1.54) is 18.2 Å². The summed E-state index contributed by atoms with van der Waals surface area (Å²) in [5.74, 6) is -3.83. The summed E-state index contributed by atoms with van der Waals surface area (Å²) >= 11 is 3.31. The summed E-state index contributed by atoms with van der Waals surface area (Å²) in [5, 5.41) is 8.70. The summed E-state index contributed by atoms with van der Waals surface area (Å²) in [6.45, 7) is 0. The largest absolute Gasteiger partial charge is 0.478 e. The summed E-state index contributed by atoms with van der Waals surface area (Å²) in [6, 6.07) is 4.15. The van der Waals surface area contributed by atoms with Crippen LogP contribution in [0.25, 0.3) is 0 Å². The van der Waals surface area contributed by atoms with Crippen LogP contribution in [-0.2, 0) is 0 Å². The smallest absolute Gasteiger partial charge is 0.336 e. The number of carboxylic acids is 1. The standard InChI is InChI=1S/C8H5BrF2O2S/c9-4-1-2-5(7(12)13)6(3-4)14-8(10)11/h1-3,8H,(H,12,13). The Morgan fingerprint density at radius 3 is 2.64 bits per heavy atom. The van der Waals surface area contributed by atoms with Gasteiger partial charge in [-0.25, -0.2) is 4.79 Å². The van der Waals surface area contributed by atoms with E-state index in [2.05, 4.69) is 15.9 Å². The maximum absolute atomic E-state index is 12.1. The first kappa shape index (κ1) is 11.5. The van der Waals surface area contributed by atoms with Gasteiger partial charge in [0.05, 0.1) is 5.56 Å². The average Bonchev–Trinajstić information content (AvgIpc) is 2.01. The van der Waals surface area contributed by atoms with Gasteiger partial charge >= 0.3 is 5.97 Å². The van der Waals surface area contributed by atoms with Gasteiger partial charge < -0.3 is 5.11 Å². The minimum atomic E-state index is -2.62. The Kier molecular flexibility index (Phi) is 3.88. The van der Waals surface area contributed by atoms with E-state index in [1.54, 1.807) is 0 Å². The summed E-state index contributed by atoms with van der Waals surface area (Å²) in [6.07, 6.45) is 0. The Morgan fingerprint density at radius 1 is 1.50 bits per heavy atom. The lowest BCUT2D eigenvalue weighted by Crippen LogP contribution is -1.99. The van der Waals surface area contributed by atoms with Crippen molar-refractivity contribution in [3.8, 4) is 0 Å². The van der Waals surface area contributed by atoms with Gasteiger partial charge in [0.15, 0.2) is 0 Å². The van der Waals surface area contributed by atoms with Crippen LogP contribution >= 0.6 is 27.7 Å². The van der Waals surface area contributed by atoms with E-state index < -0.39 is 11.7 Å². The van der Waals surface area contributed by atoms with E-state index >= 15 is 0 Å². The van der Waals surface area contributed by atoms with Crippen LogP contribution in [0.5, 0.6) is 0 Å². The van der Waals surface area contributed by atoms with Crippen LogP contribution in [0.3, 0.4) is 0 Å². The van der Waals surface area contributed by atoms with Gasteiger partial charge in [-0.05, 0) is 18.2 Å². The fourth-order valence-electron chi connectivity index (χ4n) is 0.866. The first-order chi connectivity index (χ1) is 6.50. The molecule has 0 radical (unpaired) electrons. The molecule has 0 aliphatic heterocycles. The van der Waals surface area contributed by atoms with E-state index in [0.717, 1.165) is 0 Å². The van der Waals surface area contributed by atoms with Crippen LogP contribution in [0, 0.1) is 0 Å². The highest BCUT2D eigenvalue weighted by Crippen LogP contribution is 2.30. The predicted octanol–water partition coefficient (Wildman–Crippen LogP) is 3.46. The maximum atomic E-state index is 12.1. The van der Waals surface area contributed by atoms with Gasteiger partial charge in [-0.2, -0.15) is 8.78 Å². The van der Waals surface area contributed by atoms with Gasteiger partial charge in [0.25, 0.3) is 5.76 Å². The van der Waals surface area contributed by atoms with Gasteiger partial charge in [0, 0.05) is 9.37 Å². The summed E-state index contributed by atoms with van der Waals surface area (Å²) in [5.41, 5.74) is -0.112. The molecule has 1 aromatic carbocycles. The number of carboxylic acid groups (broad SMARTS) is 1. The molecule has 0 aliphatic rings. The SMILES string of the molecule is O=C(O)c1ccc(Br)cc1SC(F)F. The number of carbonyl (C=O) groups is 1. The monoisotopic (exact) mass is 282 g/mol. The molecular weight excluding hydrogens is 278 g/mol. The quantitative estimate of drug-likeness (QED) is 0.863. The Hall–Kier alpha value is -0.620. The zero-order chi connectivity index (χ0) is 10.7. The van der Waals surface area contributed by atoms with Gasteiger partial charge in [-0.3, -0.25) is 0 Å². The second-order valence-corrected chi connectivity index (χ2v) is 4.27. The van der Waals surface area contributed by atoms with Crippen LogP contribution in [0.15, 0.2) is 27.6 Å². The average molecular weight is 283 g/mol. The number of aromatic carboxylic acids is 1. The van der Waals surface area contributed by atoms with Crippen LogP contribution in [0.4, 0.5) is 8.78 Å². The predicted molar refractivity (Wildman–Crippen MR) is 53.0 cm³/mol. The molecule has 76 valence electrons. The van der Waals surface area contributed by atoms with Crippen LogP contribution < -0.4 is 0 Å². The highest BCUT2D eigenvalue weighted by atomic mass is 79.9. The second-order valence-electron chi connectivity index (χ2n) is 2.32. The minimum Gasteiger partial charge on any atom is -0.478 e. The molecule has 0 amide bonds. The Morgan fingerprint density at radius 2 is 2.14 bits per heavy atom. The zero-order valence-corrected chi connectivity index (χ0v) is 9.11. The molecule has 0 unspecified atom stereocenters. The number of thioether (sulfide) groups is 1. The first-order valence-corrected chi connectivity index (χ1v) is 5.15. The maximum Gasteiger partial charge on any atom is 0.336 e. The number of halogens is 3. The normalized spacial score (nSPS) is 10.6. The van der Waals surface area contributed by atoms with E-state index in [9.17, 15) is 13.6 Å². The number of rotatable bonds is 3. The molecule has 0 aromatic heterocycles. The lowest BCUT2D eigenvalue weighted by atomic mass is 10.2. The molecule has 0 saturated carbocycles. The molecule has 0 fully saturated rings. The molecule has 0 spiro atoms. The van der Waals surface area contributed by atoms with Crippen molar-refractivity contribution in [2.45, 2.75) is 10.7 Å². The van der Waals surface area contributed by atoms with Crippen molar-refractivity contribution in [3.05, 3.63) is 28.2 Å². The highest BCUT2D eigenvalue weighted by Gasteiger charge is 2.14. The molecule has 1 N–H and O–H groups in total. The Bertz CT molecular complexity index is 357. The molecule has 0 saturated heterocycles. The van der Waals surface area contributed by atoms with Crippen molar-refractivity contribution >= 4 is 33.7 Å². The topological polar surface area (TPSA) is 37.3 Å². The molecular formula is C8H5BrF2O2S. The molecule has 0 aliphatic carbocycles. The van der Waals surface area contributed by atoms with E-state index in [4.69, 9.17) is 5.11 Å². The van der Waals surface area contributed by atoms with Gasteiger partial charge in [0.1, 0.15) is 0 Å². The summed E-state index contributed by atoms with van der Waals surface area (Å²) in [7, 11) is 0. The van der Waals surface area contributed by atoms with Crippen LogP contribution in [0.1, 0.15) is 10.4 Å². The molecule has 1 aromatic rings. The van der Waals surface area contributed by atoms with Gasteiger partial charge in [0.2, 0.25) is 0 Å². The van der Waals surface area contributed by atoms with E-state index in [1.807, 2.05) is 0 Å². The second kappa shape index (κ2) is 4.75. The van der Waals surface area contributed by atoms with Gasteiger partial charge in [-0.1, -0.05) is 27.7 Å². The summed E-state index contributed by atoms with van der Waals surface area (Å²) < 4.78 is 24.7. The molecule has 0 bridgehead atoms. The van der Waals surface area contributed by atoms with Crippen molar-refractivity contribution in [3.63, 3.8) is 0 Å². The Balaban J connectivity index is 3.09. The zero-order valence-electron chi connectivity index (χ0n) is 6.71. The fourth-order valence-corrected chi connectivity index (χ4v) is 2.05. The number of hydrogen-bond acceptors (Lipinski definition) is 2. The third kappa shape index (κ3) is 2.95. The first-order valence-electron chi connectivity index (χ1n) is 3.48. The van der Waals surface area contributed by atoms with Crippen molar-refractivity contribution in [1.82, 2.24) is 0 Å². The number of benzene rings is 1.